The second-order valence-corrected chi connectivity index (χ2v) is 9.67. The van der Waals surface area contributed by atoms with E-state index in [2.05, 4.69) is 13.2 Å². The molecule has 0 radical (unpaired) electrons. The number of carbonyl (C=O) groups is 2. The number of hydrogen-bond donors (Lipinski definition) is 0. The summed E-state index contributed by atoms with van der Waals surface area (Å²) in [5.41, 5.74) is 1.94. The summed E-state index contributed by atoms with van der Waals surface area (Å²) >= 11 is 0. The van der Waals surface area contributed by atoms with E-state index in [0.29, 0.717) is 11.1 Å². The fraction of sp³-hybridized carbons (Fsp3) is 0.455. The monoisotopic (exact) mass is 433 g/mol. The highest BCUT2D eigenvalue weighted by Gasteiger charge is 2.55. The lowest BCUT2D eigenvalue weighted by molar-refractivity contribution is -0.160. The molecule has 1 aliphatic carbocycles. The highest BCUT2D eigenvalue weighted by molar-refractivity contribution is 7.89. The van der Waals surface area contributed by atoms with Gasteiger partial charge in [0.15, 0.2) is 0 Å². The molecule has 1 saturated carbocycles. The van der Waals surface area contributed by atoms with Crippen LogP contribution in [0.1, 0.15) is 12.5 Å². The van der Waals surface area contributed by atoms with E-state index in [1.807, 2.05) is 6.92 Å². The molecule has 1 aromatic carbocycles. The Bertz CT molecular complexity index is 981. The molecule has 0 N–H and O–H groups in total. The number of benzene rings is 1. The number of ether oxygens (including phenoxy) is 2. The maximum atomic E-state index is 13.2. The van der Waals surface area contributed by atoms with Crippen LogP contribution in [-0.2, 0) is 29.1 Å². The predicted octanol–water partition coefficient (Wildman–Crippen LogP) is 2.33. The molecule has 0 amide bonds. The highest BCUT2D eigenvalue weighted by Crippen LogP contribution is 2.49. The molecule has 2 fully saturated rings. The molecule has 7 nitrogen and oxygen atoms in total. The quantitative estimate of drug-likeness (QED) is 0.662. The van der Waals surface area contributed by atoms with Crippen LogP contribution in [0.5, 0.6) is 0 Å². The van der Waals surface area contributed by atoms with E-state index < -0.39 is 39.7 Å². The Hall–Kier alpha value is -2.45. The van der Waals surface area contributed by atoms with Gasteiger partial charge in [-0.2, -0.15) is 4.31 Å². The lowest BCUT2D eigenvalue weighted by Gasteiger charge is -2.39. The average Bonchev–Trinajstić information content (AvgIpc) is 3.16. The Labute approximate surface area is 177 Å². The third kappa shape index (κ3) is 3.70. The number of nitrogens with zero attached hydrogens (tertiary/aromatic N) is 1. The Kier molecular flexibility index (Phi) is 6.19. The minimum Gasteiger partial charge on any atom is -0.469 e. The summed E-state index contributed by atoms with van der Waals surface area (Å²) in [5.74, 6) is -3.75. The Morgan fingerprint density at radius 1 is 1.10 bits per heavy atom. The van der Waals surface area contributed by atoms with E-state index in [1.165, 1.54) is 11.4 Å². The number of rotatable bonds is 5. The van der Waals surface area contributed by atoms with Gasteiger partial charge in [-0.1, -0.05) is 30.9 Å². The highest BCUT2D eigenvalue weighted by atomic mass is 32.2. The van der Waals surface area contributed by atoms with Gasteiger partial charge in [0.1, 0.15) is 0 Å². The number of carbonyl (C=O) groups excluding carboxylic acids is 2. The van der Waals surface area contributed by atoms with Crippen molar-refractivity contribution in [2.24, 2.45) is 23.7 Å². The summed E-state index contributed by atoms with van der Waals surface area (Å²) in [7, 11) is -2.51. The summed E-state index contributed by atoms with van der Waals surface area (Å²) in [6.07, 6.45) is 0. The van der Waals surface area contributed by atoms with Crippen LogP contribution in [0.4, 0.5) is 0 Å². The smallest absolute Gasteiger partial charge is 0.314 e. The maximum absolute atomic E-state index is 13.2. The minimum absolute atomic E-state index is 0.0862. The summed E-state index contributed by atoms with van der Waals surface area (Å²) in [6, 6.07) is 6.62. The Morgan fingerprint density at radius 3 is 2.30 bits per heavy atom. The molecule has 1 saturated heterocycles. The van der Waals surface area contributed by atoms with Crippen LogP contribution in [0.25, 0.3) is 0 Å². The van der Waals surface area contributed by atoms with Crippen molar-refractivity contribution >= 4 is 22.0 Å². The van der Waals surface area contributed by atoms with E-state index in [9.17, 15) is 18.0 Å². The zero-order valence-corrected chi connectivity index (χ0v) is 18.3. The second kappa shape index (κ2) is 8.35. The molecule has 162 valence electrons. The molecule has 4 atom stereocenters. The van der Waals surface area contributed by atoms with E-state index in [1.54, 1.807) is 31.2 Å². The van der Waals surface area contributed by atoms with Crippen LogP contribution in [0, 0.1) is 30.6 Å². The first-order valence-corrected chi connectivity index (χ1v) is 11.3. The van der Waals surface area contributed by atoms with E-state index in [-0.39, 0.29) is 30.5 Å². The molecule has 2 aliphatic rings. The fourth-order valence-electron chi connectivity index (χ4n) is 4.45. The first kappa shape index (κ1) is 22.2. The van der Waals surface area contributed by atoms with Gasteiger partial charge in [-0.15, -0.1) is 0 Å². The summed E-state index contributed by atoms with van der Waals surface area (Å²) in [4.78, 5) is 25.5. The molecule has 3 rings (SSSR count). The predicted molar refractivity (Wildman–Crippen MR) is 111 cm³/mol. The van der Waals surface area contributed by atoms with E-state index in [0.717, 1.165) is 5.56 Å². The van der Waals surface area contributed by atoms with Crippen LogP contribution >= 0.6 is 0 Å². The van der Waals surface area contributed by atoms with Crippen molar-refractivity contribution in [3.05, 3.63) is 54.1 Å². The third-order valence-corrected chi connectivity index (χ3v) is 7.91. The zero-order chi connectivity index (χ0) is 22.2. The van der Waals surface area contributed by atoms with Gasteiger partial charge in [0.25, 0.3) is 0 Å². The van der Waals surface area contributed by atoms with Gasteiger partial charge in [0.05, 0.1) is 30.4 Å². The molecule has 1 aromatic rings. The molecule has 8 heteroatoms. The average molecular weight is 434 g/mol. The summed E-state index contributed by atoms with van der Waals surface area (Å²) < 4.78 is 37.9. The van der Waals surface area contributed by atoms with E-state index >= 15 is 0 Å². The number of hydrogen-bond acceptors (Lipinski definition) is 6. The van der Waals surface area contributed by atoms with Gasteiger partial charge < -0.3 is 9.47 Å². The summed E-state index contributed by atoms with van der Waals surface area (Å²) in [5, 5.41) is 0. The number of fused-ring (bicyclic) bond motifs is 1. The zero-order valence-electron chi connectivity index (χ0n) is 17.5. The van der Waals surface area contributed by atoms with E-state index in [4.69, 9.17) is 9.47 Å². The van der Waals surface area contributed by atoms with Crippen LogP contribution in [-0.4, -0.2) is 51.5 Å². The molecular weight excluding hydrogens is 406 g/mol. The largest absolute Gasteiger partial charge is 0.469 e. The lowest BCUT2D eigenvalue weighted by Crippen LogP contribution is -2.45. The van der Waals surface area contributed by atoms with Crippen molar-refractivity contribution < 1.29 is 27.5 Å². The van der Waals surface area contributed by atoms with Crippen molar-refractivity contribution in [2.45, 2.75) is 18.7 Å². The lowest BCUT2D eigenvalue weighted by atomic mass is 9.64. The molecule has 0 bridgehead atoms. The van der Waals surface area contributed by atoms with Gasteiger partial charge in [-0.05, 0) is 43.0 Å². The van der Waals surface area contributed by atoms with Crippen molar-refractivity contribution in [2.75, 3.05) is 26.8 Å². The van der Waals surface area contributed by atoms with Crippen LogP contribution in [0.2, 0.25) is 0 Å². The SMILES string of the molecule is C=C1C(=C)[C@@H]2CN(S(=O)(=O)c3ccc(C)cc3)C[C@H]2[C@H](C(=O)OC)[C@@H]1C(=O)OCC. The third-order valence-electron chi connectivity index (χ3n) is 6.06. The topological polar surface area (TPSA) is 90.0 Å². The van der Waals surface area contributed by atoms with Gasteiger partial charge in [0.2, 0.25) is 10.0 Å². The number of sulfonamides is 1. The number of esters is 2. The van der Waals surface area contributed by atoms with Crippen molar-refractivity contribution in [3.63, 3.8) is 0 Å². The molecule has 0 spiro atoms. The Morgan fingerprint density at radius 2 is 1.73 bits per heavy atom. The standard InChI is InChI=1S/C22H27NO6S/c1-6-29-22(25)19-15(4)14(3)17-11-23(12-18(17)20(19)21(24)28-5)30(26,27)16-9-7-13(2)8-10-16/h7-10,17-20H,3-4,6,11-12H2,1-2,5H3/t17-,18+,19+,20-/m0/s1. The molecular formula is C22H27NO6S. The number of aryl methyl sites for hydroxylation is 1. The maximum Gasteiger partial charge on any atom is 0.314 e. The van der Waals surface area contributed by atoms with Crippen LogP contribution in [0.3, 0.4) is 0 Å². The second-order valence-electron chi connectivity index (χ2n) is 7.73. The minimum atomic E-state index is -3.76. The van der Waals surface area contributed by atoms with Gasteiger partial charge >= 0.3 is 11.9 Å². The van der Waals surface area contributed by atoms with Gasteiger partial charge in [0, 0.05) is 19.0 Å². The molecule has 1 aliphatic heterocycles. The molecule has 0 aromatic heterocycles. The van der Waals surface area contributed by atoms with Gasteiger partial charge in [-0.3, -0.25) is 9.59 Å². The van der Waals surface area contributed by atoms with Crippen LogP contribution in [0.15, 0.2) is 53.5 Å². The fourth-order valence-corrected chi connectivity index (χ4v) is 5.95. The first-order chi connectivity index (χ1) is 14.1. The van der Waals surface area contributed by atoms with Crippen molar-refractivity contribution in [3.8, 4) is 0 Å². The summed E-state index contributed by atoms with van der Waals surface area (Å²) in [6.45, 7) is 12.0. The normalized spacial score (nSPS) is 26.9. The Balaban J connectivity index is 1.99. The van der Waals surface area contributed by atoms with Crippen molar-refractivity contribution in [1.82, 2.24) is 4.31 Å². The number of methoxy groups -OCH3 is 1. The first-order valence-electron chi connectivity index (χ1n) is 9.82. The molecule has 1 heterocycles. The van der Waals surface area contributed by atoms with Crippen LogP contribution < -0.4 is 0 Å². The molecule has 0 unspecified atom stereocenters. The molecule has 30 heavy (non-hydrogen) atoms. The van der Waals surface area contributed by atoms with Crippen molar-refractivity contribution in [1.29, 1.82) is 0 Å². The van der Waals surface area contributed by atoms with Gasteiger partial charge in [-0.25, -0.2) is 8.42 Å².